The first kappa shape index (κ1) is 26.9. The van der Waals surface area contributed by atoms with Crippen molar-refractivity contribution < 1.29 is 9.53 Å². The van der Waals surface area contributed by atoms with Gasteiger partial charge in [0.05, 0.1) is 11.6 Å². The highest BCUT2D eigenvalue weighted by Crippen LogP contribution is 2.39. The normalized spacial score (nSPS) is 15.4. The van der Waals surface area contributed by atoms with Crippen LogP contribution in [0.15, 0.2) is 54.9 Å². The minimum Gasteiger partial charge on any atom is -0.438 e. The number of piperazine rings is 1. The molecule has 2 aromatic heterocycles. The van der Waals surface area contributed by atoms with E-state index in [0.717, 1.165) is 82.5 Å². The van der Waals surface area contributed by atoms with Gasteiger partial charge in [-0.15, -0.1) is 0 Å². The van der Waals surface area contributed by atoms with Crippen LogP contribution < -0.4 is 15.4 Å². The molecule has 210 valence electrons. The molecule has 3 heterocycles. The van der Waals surface area contributed by atoms with Crippen LogP contribution in [0.5, 0.6) is 11.6 Å². The molecule has 1 amide bonds. The van der Waals surface area contributed by atoms with E-state index in [-0.39, 0.29) is 5.88 Å². The lowest BCUT2D eigenvalue weighted by Gasteiger charge is -2.38. The van der Waals surface area contributed by atoms with Crippen molar-refractivity contribution in [2.24, 2.45) is 5.73 Å². The summed E-state index contributed by atoms with van der Waals surface area (Å²) < 4.78 is 6.19. The van der Waals surface area contributed by atoms with Gasteiger partial charge in [-0.2, -0.15) is 5.26 Å². The summed E-state index contributed by atoms with van der Waals surface area (Å²) in [6, 6.07) is 15.7. The molecule has 0 saturated carbocycles. The van der Waals surface area contributed by atoms with Gasteiger partial charge in [0.15, 0.2) is 0 Å². The molecule has 1 saturated heterocycles. The van der Waals surface area contributed by atoms with E-state index >= 15 is 0 Å². The second kappa shape index (κ2) is 12.0. The quantitative estimate of drug-likeness (QED) is 0.273. The van der Waals surface area contributed by atoms with Crippen LogP contribution in [-0.4, -0.2) is 53.5 Å². The van der Waals surface area contributed by atoms with Crippen molar-refractivity contribution in [1.82, 2.24) is 14.9 Å². The maximum atomic E-state index is 11.9. The Morgan fingerprint density at radius 3 is 2.68 bits per heavy atom. The number of primary amides is 1. The fraction of sp³-hybridized carbons (Fsp3) is 0.364. The van der Waals surface area contributed by atoms with E-state index in [0.29, 0.717) is 11.1 Å². The highest BCUT2D eigenvalue weighted by Gasteiger charge is 2.25. The highest BCUT2D eigenvalue weighted by molar-refractivity contribution is 5.95. The van der Waals surface area contributed by atoms with E-state index in [9.17, 15) is 10.1 Å². The molecule has 8 heteroatoms. The molecule has 1 aliphatic carbocycles. The lowest BCUT2D eigenvalue weighted by atomic mass is 9.89. The number of unbranched alkanes of at least 4 members (excludes halogenated alkanes) is 1. The van der Waals surface area contributed by atoms with Crippen LogP contribution in [0.1, 0.15) is 58.3 Å². The van der Waals surface area contributed by atoms with Crippen LogP contribution in [0.3, 0.4) is 0 Å². The smallest absolute Gasteiger partial charge is 0.254 e. The summed E-state index contributed by atoms with van der Waals surface area (Å²) in [7, 11) is 0. The molecule has 1 fully saturated rings. The first-order valence-corrected chi connectivity index (χ1v) is 14.7. The van der Waals surface area contributed by atoms with Gasteiger partial charge >= 0.3 is 0 Å². The van der Waals surface area contributed by atoms with Gasteiger partial charge in [-0.1, -0.05) is 0 Å². The number of ether oxygens (including phenoxy) is 1. The predicted molar refractivity (Wildman–Crippen MR) is 161 cm³/mol. The fourth-order valence-electron chi connectivity index (χ4n) is 6.29. The Labute approximate surface area is 240 Å². The molecule has 6 rings (SSSR count). The number of nitrogens with one attached hydrogen (secondary N) is 1. The number of anilines is 1. The summed E-state index contributed by atoms with van der Waals surface area (Å²) >= 11 is 0. The van der Waals surface area contributed by atoms with Crippen molar-refractivity contribution in [2.75, 3.05) is 37.6 Å². The molecule has 0 radical (unpaired) electrons. The molecule has 41 heavy (non-hydrogen) atoms. The van der Waals surface area contributed by atoms with Gasteiger partial charge in [-0.3, -0.25) is 9.69 Å². The lowest BCUT2D eigenvalue weighted by Crippen LogP contribution is -2.47. The monoisotopic (exact) mass is 548 g/mol. The third-order valence-corrected chi connectivity index (χ3v) is 8.49. The number of nitrogens with zero attached hydrogens (tertiary/aromatic N) is 4. The minimum absolute atomic E-state index is 0.269. The second-order valence-corrected chi connectivity index (χ2v) is 11.0. The largest absolute Gasteiger partial charge is 0.438 e. The number of nitrogens with two attached hydrogens (primary N) is 1. The Hall–Kier alpha value is -4.35. The molecule has 0 bridgehead atoms. The number of pyridine rings is 1. The number of fused-ring (bicyclic) bond motifs is 2. The third kappa shape index (κ3) is 5.77. The van der Waals surface area contributed by atoms with Gasteiger partial charge < -0.3 is 20.4 Å². The van der Waals surface area contributed by atoms with Crippen molar-refractivity contribution >= 4 is 22.5 Å². The average Bonchev–Trinajstić information content (AvgIpc) is 3.42. The van der Waals surface area contributed by atoms with E-state index in [2.05, 4.69) is 38.1 Å². The van der Waals surface area contributed by atoms with Crippen molar-refractivity contribution in [2.45, 2.75) is 44.9 Å². The molecule has 2 aromatic carbocycles. The Morgan fingerprint density at radius 1 is 1.05 bits per heavy atom. The zero-order valence-electron chi connectivity index (χ0n) is 23.4. The number of H-pyrrole nitrogens is 1. The van der Waals surface area contributed by atoms with E-state index in [1.165, 1.54) is 34.2 Å². The first-order valence-electron chi connectivity index (χ1n) is 14.7. The standard InChI is InChI=1S/C33H36N6O2/c34-21-23-10-11-29-28(20-23)24(22-37-29)6-3-4-15-38-16-18-39(19-17-38)30-12-13-31(26-8-2-1-7-25(26)30)41-33-27(32(35)40)9-5-14-36-33/h5,9-14,20,22,37H,1-4,6-8,15-19H2,(H2,35,40). The van der Waals surface area contributed by atoms with Crippen molar-refractivity contribution in [1.29, 1.82) is 5.26 Å². The number of nitriles is 1. The molecule has 4 aromatic rings. The molecule has 0 unspecified atom stereocenters. The zero-order chi connectivity index (χ0) is 28.2. The van der Waals surface area contributed by atoms with Gasteiger partial charge in [0.2, 0.25) is 5.88 Å². The summed E-state index contributed by atoms with van der Waals surface area (Å²) in [5, 5.41) is 10.4. The number of rotatable bonds is 9. The predicted octanol–water partition coefficient (Wildman–Crippen LogP) is 5.35. The second-order valence-electron chi connectivity index (χ2n) is 11.0. The molecule has 2 aliphatic rings. The number of hydrogen-bond acceptors (Lipinski definition) is 6. The summed E-state index contributed by atoms with van der Waals surface area (Å²) in [5.74, 6) is 0.511. The number of benzene rings is 2. The number of carbonyl (C=O) groups is 1. The number of hydrogen-bond donors (Lipinski definition) is 2. The van der Waals surface area contributed by atoms with Crippen LogP contribution in [0.2, 0.25) is 0 Å². The maximum Gasteiger partial charge on any atom is 0.254 e. The Bertz CT molecular complexity index is 1600. The molecule has 3 N–H and O–H groups in total. The topological polar surface area (TPSA) is 111 Å². The molecule has 0 spiro atoms. The first-order chi connectivity index (χ1) is 20.1. The SMILES string of the molecule is N#Cc1ccc2[nH]cc(CCCCN3CCN(c4ccc(Oc5ncccc5C(N)=O)c5c4CCCC5)CC3)c2c1. The lowest BCUT2D eigenvalue weighted by molar-refractivity contribution is 0.0997. The number of aryl methyl sites for hydroxylation is 1. The summed E-state index contributed by atoms with van der Waals surface area (Å²) in [6.45, 7) is 5.25. The van der Waals surface area contributed by atoms with E-state index < -0.39 is 5.91 Å². The number of carbonyl (C=O) groups excluding carboxylic acids is 1. The van der Waals surface area contributed by atoms with Gasteiger partial charge in [-0.05, 0) is 105 Å². The van der Waals surface area contributed by atoms with Crippen molar-refractivity contribution in [3.8, 4) is 17.7 Å². The average molecular weight is 549 g/mol. The Kier molecular flexibility index (Phi) is 7.88. The number of aromatic amines is 1. The van der Waals surface area contributed by atoms with Crippen LogP contribution in [-0.2, 0) is 19.3 Å². The molecule has 8 nitrogen and oxygen atoms in total. The van der Waals surface area contributed by atoms with Crippen molar-refractivity contribution in [3.63, 3.8) is 0 Å². The number of aromatic nitrogens is 2. The summed E-state index contributed by atoms with van der Waals surface area (Å²) in [6.07, 6.45) is 11.3. The minimum atomic E-state index is -0.538. The summed E-state index contributed by atoms with van der Waals surface area (Å²) in [5.41, 5.74) is 12.9. The van der Waals surface area contributed by atoms with E-state index in [1.54, 1.807) is 18.3 Å². The van der Waals surface area contributed by atoms with E-state index in [1.807, 2.05) is 24.3 Å². The third-order valence-electron chi connectivity index (χ3n) is 8.49. The zero-order valence-corrected chi connectivity index (χ0v) is 23.4. The Balaban J connectivity index is 1.05. The molecular weight excluding hydrogens is 512 g/mol. The number of amides is 1. The fourth-order valence-corrected chi connectivity index (χ4v) is 6.29. The summed E-state index contributed by atoms with van der Waals surface area (Å²) in [4.78, 5) is 24.6. The van der Waals surface area contributed by atoms with Gasteiger partial charge in [0, 0.05) is 60.7 Å². The Morgan fingerprint density at radius 2 is 1.88 bits per heavy atom. The van der Waals surface area contributed by atoms with Crippen LogP contribution in [0, 0.1) is 11.3 Å². The van der Waals surface area contributed by atoms with Crippen molar-refractivity contribution in [3.05, 3.63) is 82.7 Å². The molecule has 0 atom stereocenters. The van der Waals surface area contributed by atoms with Crippen LogP contribution >= 0.6 is 0 Å². The van der Waals surface area contributed by atoms with Gasteiger partial charge in [0.25, 0.3) is 5.91 Å². The molecule has 1 aliphatic heterocycles. The molecular formula is C33H36N6O2. The maximum absolute atomic E-state index is 11.9. The van der Waals surface area contributed by atoms with Gasteiger partial charge in [-0.25, -0.2) is 4.98 Å². The van der Waals surface area contributed by atoms with Crippen LogP contribution in [0.25, 0.3) is 10.9 Å². The van der Waals surface area contributed by atoms with Crippen LogP contribution in [0.4, 0.5) is 5.69 Å². The highest BCUT2D eigenvalue weighted by atomic mass is 16.5. The van der Waals surface area contributed by atoms with Gasteiger partial charge in [0.1, 0.15) is 11.3 Å². The van der Waals surface area contributed by atoms with E-state index in [4.69, 9.17) is 10.5 Å².